The lowest BCUT2D eigenvalue weighted by atomic mass is 9.86. The molecule has 0 aliphatic carbocycles. The second kappa shape index (κ2) is 11.2. The van der Waals surface area contributed by atoms with E-state index in [0.717, 1.165) is 16.9 Å². The quantitative estimate of drug-likeness (QED) is 0.350. The van der Waals surface area contributed by atoms with Crippen LogP contribution in [-0.2, 0) is 22.7 Å². The van der Waals surface area contributed by atoms with E-state index >= 15 is 0 Å². The predicted octanol–water partition coefficient (Wildman–Crippen LogP) is 6.52. The average Bonchev–Trinajstić information content (AvgIpc) is 3.30. The third-order valence-corrected chi connectivity index (χ3v) is 7.22. The van der Waals surface area contributed by atoms with E-state index in [2.05, 4.69) is 30.7 Å². The van der Waals surface area contributed by atoms with Crippen LogP contribution in [0.15, 0.2) is 42.6 Å². The molecule has 0 unspecified atom stereocenters. The first-order valence-electron chi connectivity index (χ1n) is 12.4. The van der Waals surface area contributed by atoms with Crippen LogP contribution in [0.5, 0.6) is 11.6 Å². The van der Waals surface area contributed by atoms with Gasteiger partial charge in [0.2, 0.25) is 5.88 Å². The van der Waals surface area contributed by atoms with Gasteiger partial charge < -0.3 is 19.3 Å². The molecular formula is C27H31F3N4O3S. The number of benzene rings is 1. The van der Waals surface area contributed by atoms with Crippen molar-refractivity contribution in [1.82, 2.24) is 14.9 Å². The van der Waals surface area contributed by atoms with E-state index in [1.54, 1.807) is 30.2 Å². The lowest BCUT2D eigenvalue weighted by Crippen LogP contribution is -2.49. The number of hydrogen-bond donors (Lipinski definition) is 0. The van der Waals surface area contributed by atoms with Gasteiger partial charge in [-0.2, -0.15) is 13.2 Å². The van der Waals surface area contributed by atoms with Crippen LogP contribution in [-0.4, -0.2) is 53.7 Å². The van der Waals surface area contributed by atoms with Gasteiger partial charge in [-0.1, -0.05) is 45.0 Å². The molecular weight excluding hydrogens is 517 g/mol. The summed E-state index contributed by atoms with van der Waals surface area (Å²) in [5.41, 5.74) is 0.549. The molecule has 1 fully saturated rings. The standard InChI is InChI=1S/C27H31F3N4O3S/c1-5-36-25(35)34-15-13-33(14-16-34)24-22(27(28,29)30)32-21(38-24)17-18-9-8-12-31-23(18)37-20-11-7-6-10-19(20)26(2,3)4/h6-12H,5,13-17H2,1-4H3. The molecule has 1 aliphatic rings. The number of thiazole rings is 1. The van der Waals surface area contributed by atoms with Crippen molar-refractivity contribution in [2.24, 2.45) is 0 Å². The van der Waals surface area contributed by atoms with Gasteiger partial charge in [-0.25, -0.2) is 14.8 Å². The first kappa shape index (κ1) is 27.7. The number of aromatic nitrogens is 2. The number of rotatable bonds is 6. The summed E-state index contributed by atoms with van der Waals surface area (Å²) in [6, 6.07) is 11.2. The van der Waals surface area contributed by atoms with Gasteiger partial charge >= 0.3 is 12.3 Å². The Balaban J connectivity index is 1.58. The van der Waals surface area contributed by atoms with Crippen molar-refractivity contribution >= 4 is 22.4 Å². The van der Waals surface area contributed by atoms with Crippen molar-refractivity contribution in [2.75, 3.05) is 37.7 Å². The second-order valence-corrected chi connectivity index (χ2v) is 11.0. The topological polar surface area (TPSA) is 67.8 Å². The summed E-state index contributed by atoms with van der Waals surface area (Å²) in [7, 11) is 0. The maximum Gasteiger partial charge on any atom is 0.436 e. The van der Waals surface area contributed by atoms with Crippen molar-refractivity contribution in [2.45, 2.75) is 45.7 Å². The lowest BCUT2D eigenvalue weighted by molar-refractivity contribution is -0.140. The Kier molecular flexibility index (Phi) is 8.15. The van der Waals surface area contributed by atoms with E-state index in [1.807, 2.05) is 24.3 Å². The maximum absolute atomic E-state index is 14.0. The van der Waals surface area contributed by atoms with Gasteiger partial charge in [0, 0.05) is 49.9 Å². The van der Waals surface area contributed by atoms with Crippen LogP contribution in [0.3, 0.4) is 0 Å². The van der Waals surface area contributed by atoms with Gasteiger partial charge in [0.15, 0.2) is 5.69 Å². The first-order valence-corrected chi connectivity index (χ1v) is 13.2. The van der Waals surface area contributed by atoms with Gasteiger partial charge in [0.05, 0.1) is 11.6 Å². The average molecular weight is 549 g/mol. The maximum atomic E-state index is 14.0. The number of carbonyl (C=O) groups excluding carboxylic acids is 1. The molecule has 0 spiro atoms. The zero-order valence-electron chi connectivity index (χ0n) is 21.8. The summed E-state index contributed by atoms with van der Waals surface area (Å²) in [6.07, 6.45) is -3.33. The fourth-order valence-electron chi connectivity index (χ4n) is 4.23. The molecule has 0 saturated carbocycles. The number of alkyl halides is 3. The molecule has 0 radical (unpaired) electrons. The summed E-state index contributed by atoms with van der Waals surface area (Å²) >= 11 is 1.01. The molecule has 1 aromatic carbocycles. The molecule has 7 nitrogen and oxygen atoms in total. The zero-order valence-corrected chi connectivity index (χ0v) is 22.7. The first-order chi connectivity index (χ1) is 18.0. The largest absolute Gasteiger partial charge is 0.450 e. The van der Waals surface area contributed by atoms with Crippen LogP contribution >= 0.6 is 11.3 Å². The van der Waals surface area contributed by atoms with E-state index in [-0.39, 0.29) is 49.6 Å². The number of nitrogens with zero attached hydrogens (tertiary/aromatic N) is 4. The molecule has 1 amide bonds. The summed E-state index contributed by atoms with van der Waals surface area (Å²) in [5.74, 6) is 0.979. The van der Waals surface area contributed by atoms with Crippen LogP contribution in [0.2, 0.25) is 0 Å². The zero-order chi connectivity index (χ0) is 27.5. The Labute approximate surface area is 224 Å². The normalized spacial score (nSPS) is 14.5. The van der Waals surface area contributed by atoms with Crippen LogP contribution in [0.4, 0.5) is 23.0 Å². The van der Waals surface area contributed by atoms with Crippen LogP contribution in [0.1, 0.15) is 49.5 Å². The minimum Gasteiger partial charge on any atom is -0.450 e. The third-order valence-electron chi connectivity index (χ3n) is 6.11. The molecule has 2 aromatic heterocycles. The number of pyridine rings is 1. The van der Waals surface area contributed by atoms with E-state index in [4.69, 9.17) is 9.47 Å². The molecule has 38 heavy (non-hydrogen) atoms. The number of piperazine rings is 1. The minimum atomic E-state index is -4.61. The third kappa shape index (κ3) is 6.38. The number of ether oxygens (including phenoxy) is 2. The molecule has 0 atom stereocenters. The van der Waals surface area contributed by atoms with Crippen LogP contribution in [0.25, 0.3) is 0 Å². The monoisotopic (exact) mass is 548 g/mol. The highest BCUT2D eigenvalue weighted by Gasteiger charge is 2.40. The molecule has 4 rings (SSSR count). The SMILES string of the molecule is CCOC(=O)N1CCN(c2sc(Cc3cccnc3Oc3ccccc3C(C)(C)C)nc2C(F)(F)F)CC1. The van der Waals surface area contributed by atoms with Crippen molar-refractivity contribution in [3.8, 4) is 11.6 Å². The van der Waals surface area contributed by atoms with Crippen LogP contribution in [0, 0.1) is 0 Å². The van der Waals surface area contributed by atoms with Crippen molar-refractivity contribution in [3.63, 3.8) is 0 Å². The van der Waals surface area contributed by atoms with Gasteiger partial charge in [0.1, 0.15) is 10.8 Å². The van der Waals surface area contributed by atoms with Crippen molar-refractivity contribution < 1.29 is 27.4 Å². The molecule has 0 bridgehead atoms. The Morgan fingerprint density at radius 3 is 2.42 bits per heavy atom. The van der Waals surface area contributed by atoms with Crippen molar-refractivity contribution in [3.05, 3.63) is 64.4 Å². The summed E-state index contributed by atoms with van der Waals surface area (Å²) < 4.78 is 53.1. The Bertz CT molecular complexity index is 1260. The fraction of sp³-hybridized carbons (Fsp3) is 0.444. The molecule has 3 heterocycles. The summed E-state index contributed by atoms with van der Waals surface area (Å²) in [4.78, 5) is 23.5. The van der Waals surface area contributed by atoms with Gasteiger partial charge in [-0.05, 0) is 24.5 Å². The fourth-order valence-corrected chi connectivity index (χ4v) is 5.39. The number of anilines is 1. The van der Waals surface area contributed by atoms with Gasteiger partial charge in [-0.15, -0.1) is 11.3 Å². The molecule has 3 aromatic rings. The minimum absolute atomic E-state index is 0.0560. The number of halogens is 3. The Morgan fingerprint density at radius 2 is 1.76 bits per heavy atom. The number of carbonyl (C=O) groups is 1. The molecule has 0 N–H and O–H groups in total. The smallest absolute Gasteiger partial charge is 0.436 e. The highest BCUT2D eigenvalue weighted by Crippen LogP contribution is 2.42. The Hall–Kier alpha value is -3.34. The Morgan fingerprint density at radius 1 is 1.05 bits per heavy atom. The van der Waals surface area contributed by atoms with E-state index in [9.17, 15) is 18.0 Å². The number of hydrogen-bond acceptors (Lipinski definition) is 7. The highest BCUT2D eigenvalue weighted by molar-refractivity contribution is 7.16. The lowest BCUT2D eigenvalue weighted by Gasteiger charge is -2.34. The van der Waals surface area contributed by atoms with Crippen molar-refractivity contribution in [1.29, 1.82) is 0 Å². The molecule has 204 valence electrons. The highest BCUT2D eigenvalue weighted by atomic mass is 32.1. The van der Waals surface area contributed by atoms with E-state index < -0.39 is 18.0 Å². The van der Waals surface area contributed by atoms with E-state index in [1.165, 1.54) is 4.90 Å². The van der Waals surface area contributed by atoms with E-state index in [0.29, 0.717) is 22.2 Å². The second-order valence-electron chi connectivity index (χ2n) is 9.92. The molecule has 1 aliphatic heterocycles. The molecule has 1 saturated heterocycles. The van der Waals surface area contributed by atoms with Gasteiger partial charge in [0.25, 0.3) is 0 Å². The van der Waals surface area contributed by atoms with Gasteiger partial charge in [-0.3, -0.25) is 0 Å². The number of para-hydroxylation sites is 1. The number of amides is 1. The van der Waals surface area contributed by atoms with Crippen LogP contribution < -0.4 is 9.64 Å². The predicted molar refractivity (Wildman–Crippen MR) is 140 cm³/mol. The molecule has 11 heteroatoms. The summed E-state index contributed by atoms with van der Waals surface area (Å²) in [5, 5.41) is 0.363. The summed E-state index contributed by atoms with van der Waals surface area (Å²) in [6.45, 7) is 9.27.